The molecule has 2 saturated heterocycles. The van der Waals surface area contributed by atoms with E-state index >= 15 is 0 Å². The fourth-order valence-electron chi connectivity index (χ4n) is 3.84. The average molecular weight is 445 g/mol. The third-order valence-corrected chi connectivity index (χ3v) is 7.05. The zero-order chi connectivity index (χ0) is 21.6. The number of carbonyl (C=O) groups excluding carboxylic acids is 1. The molecule has 3 rings (SSSR count). The van der Waals surface area contributed by atoms with Crippen LogP contribution in [-0.2, 0) is 24.3 Å². The molecule has 2 heterocycles. The van der Waals surface area contributed by atoms with Gasteiger partial charge in [0.25, 0.3) is 0 Å². The Morgan fingerprint density at radius 2 is 1.97 bits per heavy atom. The van der Waals surface area contributed by atoms with Gasteiger partial charge in [-0.1, -0.05) is 6.07 Å². The van der Waals surface area contributed by atoms with Gasteiger partial charge in [-0.25, -0.2) is 17.5 Å². The van der Waals surface area contributed by atoms with E-state index in [-0.39, 0.29) is 29.4 Å². The highest BCUT2D eigenvalue weighted by atomic mass is 32.2. The van der Waals surface area contributed by atoms with Gasteiger partial charge in [0.05, 0.1) is 29.8 Å². The van der Waals surface area contributed by atoms with Gasteiger partial charge in [0, 0.05) is 25.7 Å². The van der Waals surface area contributed by atoms with Crippen LogP contribution in [0.3, 0.4) is 0 Å². The number of aliphatic hydroxyl groups excluding tert-OH is 1. The van der Waals surface area contributed by atoms with Gasteiger partial charge in [-0.15, -0.1) is 0 Å². The molecule has 3 N–H and O–H groups in total. The molecule has 1 aromatic rings. The van der Waals surface area contributed by atoms with Gasteiger partial charge >= 0.3 is 0 Å². The molecule has 0 spiro atoms. The molecule has 8 nitrogen and oxygen atoms in total. The number of amides is 1. The van der Waals surface area contributed by atoms with E-state index in [1.807, 2.05) is 0 Å². The number of sulfonamides is 1. The van der Waals surface area contributed by atoms with Crippen LogP contribution < -0.4 is 10.0 Å². The summed E-state index contributed by atoms with van der Waals surface area (Å²) in [6, 6.07) is 4.15. The minimum atomic E-state index is -3.93. The van der Waals surface area contributed by atoms with Crippen LogP contribution >= 0.6 is 0 Å². The summed E-state index contributed by atoms with van der Waals surface area (Å²) in [5.74, 6) is -0.634. The smallest absolute Gasteiger partial charge is 0.241 e. The van der Waals surface area contributed by atoms with E-state index in [4.69, 9.17) is 9.47 Å². The molecular formula is C20H29FN2O6S. The third-order valence-electron chi connectivity index (χ3n) is 5.57. The van der Waals surface area contributed by atoms with E-state index in [1.54, 1.807) is 0 Å². The Morgan fingerprint density at radius 1 is 1.20 bits per heavy atom. The lowest BCUT2D eigenvalue weighted by molar-refractivity contribution is -0.128. The number of ether oxygens (including phenoxy) is 2. The molecule has 0 aromatic heterocycles. The Kier molecular flexibility index (Phi) is 8.18. The lowest BCUT2D eigenvalue weighted by Gasteiger charge is -2.36. The van der Waals surface area contributed by atoms with Gasteiger partial charge in [0.1, 0.15) is 5.82 Å². The molecule has 10 heteroatoms. The van der Waals surface area contributed by atoms with E-state index in [9.17, 15) is 22.7 Å². The van der Waals surface area contributed by atoms with Crippen molar-refractivity contribution in [3.8, 4) is 0 Å². The van der Waals surface area contributed by atoms with Crippen LogP contribution in [0, 0.1) is 11.7 Å². The van der Waals surface area contributed by atoms with Crippen LogP contribution in [0.2, 0.25) is 0 Å². The van der Waals surface area contributed by atoms with Crippen LogP contribution in [0.5, 0.6) is 0 Å². The van der Waals surface area contributed by atoms with Crippen molar-refractivity contribution >= 4 is 15.9 Å². The van der Waals surface area contributed by atoms with Crippen molar-refractivity contribution in [3.05, 3.63) is 30.1 Å². The van der Waals surface area contributed by atoms with E-state index < -0.39 is 28.0 Å². The quantitative estimate of drug-likeness (QED) is 0.550. The van der Waals surface area contributed by atoms with E-state index in [0.717, 1.165) is 18.9 Å². The molecule has 0 saturated carbocycles. The largest absolute Gasteiger partial charge is 0.394 e. The first-order valence-electron chi connectivity index (χ1n) is 10.3. The van der Waals surface area contributed by atoms with Crippen molar-refractivity contribution < 1.29 is 32.2 Å². The zero-order valence-electron chi connectivity index (χ0n) is 16.8. The van der Waals surface area contributed by atoms with Gasteiger partial charge in [-0.05, 0) is 50.3 Å². The molecule has 0 radical (unpaired) electrons. The van der Waals surface area contributed by atoms with Gasteiger partial charge < -0.3 is 19.9 Å². The first-order valence-corrected chi connectivity index (χ1v) is 11.8. The number of hydrogen-bond acceptors (Lipinski definition) is 6. The zero-order valence-corrected chi connectivity index (χ0v) is 17.6. The number of hydrogen-bond donors (Lipinski definition) is 3. The maximum absolute atomic E-state index is 13.4. The van der Waals surface area contributed by atoms with E-state index in [2.05, 4.69) is 10.0 Å². The summed E-state index contributed by atoms with van der Waals surface area (Å²) in [5, 5.41) is 12.6. The van der Waals surface area contributed by atoms with Crippen molar-refractivity contribution in [1.82, 2.24) is 10.0 Å². The topological polar surface area (TPSA) is 114 Å². The fourth-order valence-corrected chi connectivity index (χ4v) is 5.17. The summed E-state index contributed by atoms with van der Waals surface area (Å²) in [7, 11) is -3.93. The molecule has 0 unspecified atom stereocenters. The first-order chi connectivity index (χ1) is 14.4. The third kappa shape index (κ3) is 6.21. The van der Waals surface area contributed by atoms with Gasteiger partial charge in [-0.2, -0.15) is 0 Å². The van der Waals surface area contributed by atoms with Crippen molar-refractivity contribution in [2.24, 2.45) is 5.92 Å². The summed E-state index contributed by atoms with van der Waals surface area (Å²) in [5.41, 5.74) is 0. The molecule has 2 aliphatic heterocycles. The second-order valence-corrected chi connectivity index (χ2v) is 9.42. The number of rotatable bonds is 8. The number of carbonyl (C=O) groups is 1. The highest BCUT2D eigenvalue weighted by Gasteiger charge is 2.34. The lowest BCUT2D eigenvalue weighted by atomic mass is 9.97. The molecule has 2 fully saturated rings. The molecular weight excluding hydrogens is 415 g/mol. The standard InChI is InChI=1S/C20H29FN2O6S/c21-15-2-1-3-17(12-15)30(26,27)23-18-5-4-16(29-19(18)13-24)6-9-22-20(25)14-7-10-28-11-8-14/h1-3,12,14,16,18-19,23-24H,4-11,13H2,(H,22,25)/t16-,18-,19-/m0/s1. The number of nitrogens with one attached hydrogen (secondary N) is 2. The maximum Gasteiger partial charge on any atom is 0.241 e. The van der Waals surface area contributed by atoms with Crippen LogP contribution in [-0.4, -0.2) is 64.0 Å². The van der Waals surface area contributed by atoms with Gasteiger partial charge in [0.2, 0.25) is 15.9 Å². The summed E-state index contributed by atoms with van der Waals surface area (Å²) in [6.07, 6.45) is 2.19. The highest BCUT2D eigenvalue weighted by molar-refractivity contribution is 7.89. The van der Waals surface area contributed by atoms with Crippen molar-refractivity contribution in [2.75, 3.05) is 26.4 Å². The molecule has 168 valence electrons. The molecule has 1 aromatic carbocycles. The van der Waals surface area contributed by atoms with E-state index in [1.165, 1.54) is 18.2 Å². The van der Waals surface area contributed by atoms with Crippen molar-refractivity contribution in [3.63, 3.8) is 0 Å². The van der Waals surface area contributed by atoms with Crippen LogP contribution in [0.1, 0.15) is 32.1 Å². The Hall–Kier alpha value is -1.59. The Morgan fingerprint density at radius 3 is 2.67 bits per heavy atom. The average Bonchev–Trinajstić information content (AvgIpc) is 2.75. The SMILES string of the molecule is O=C(NCC[C@@H]1CC[C@H](NS(=O)(=O)c2cccc(F)c2)[C@H](CO)O1)C1CCOCC1. The summed E-state index contributed by atoms with van der Waals surface area (Å²) < 4.78 is 52.1. The maximum atomic E-state index is 13.4. The number of aliphatic hydroxyl groups is 1. The van der Waals surface area contributed by atoms with Crippen LogP contribution in [0.4, 0.5) is 4.39 Å². The molecule has 2 aliphatic rings. The molecule has 0 aliphatic carbocycles. The summed E-state index contributed by atoms with van der Waals surface area (Å²) in [6.45, 7) is 1.32. The minimum Gasteiger partial charge on any atom is -0.394 e. The van der Waals surface area contributed by atoms with Crippen molar-refractivity contribution in [2.45, 2.75) is 55.2 Å². The molecule has 1 amide bonds. The van der Waals surface area contributed by atoms with Gasteiger partial charge in [0.15, 0.2) is 0 Å². The van der Waals surface area contributed by atoms with Crippen LogP contribution in [0.15, 0.2) is 29.2 Å². The van der Waals surface area contributed by atoms with E-state index in [0.29, 0.717) is 39.0 Å². The Balaban J connectivity index is 1.48. The number of halogens is 1. The second kappa shape index (κ2) is 10.6. The van der Waals surface area contributed by atoms with Gasteiger partial charge in [-0.3, -0.25) is 4.79 Å². The highest BCUT2D eigenvalue weighted by Crippen LogP contribution is 2.24. The fraction of sp³-hybridized carbons (Fsp3) is 0.650. The predicted octanol–water partition coefficient (Wildman–Crippen LogP) is 0.945. The van der Waals surface area contributed by atoms with Crippen LogP contribution in [0.25, 0.3) is 0 Å². The summed E-state index contributed by atoms with van der Waals surface area (Å²) >= 11 is 0. The first kappa shape index (κ1) is 23.1. The number of benzene rings is 1. The lowest BCUT2D eigenvalue weighted by Crippen LogP contribution is -2.51. The molecule has 0 bridgehead atoms. The molecule has 30 heavy (non-hydrogen) atoms. The minimum absolute atomic E-state index is 0.0159. The monoisotopic (exact) mass is 444 g/mol. The molecule has 3 atom stereocenters. The predicted molar refractivity (Wildman–Crippen MR) is 107 cm³/mol. The normalized spacial score (nSPS) is 25.7. The Labute approximate surface area is 176 Å². The second-order valence-electron chi connectivity index (χ2n) is 7.71. The van der Waals surface area contributed by atoms with Crippen molar-refractivity contribution in [1.29, 1.82) is 0 Å². The summed E-state index contributed by atoms with van der Waals surface area (Å²) in [4.78, 5) is 12.0. The Bertz CT molecular complexity index is 815.